The Morgan fingerprint density at radius 3 is 2.64 bits per heavy atom. The van der Waals surface area contributed by atoms with Crippen molar-refractivity contribution in [1.82, 2.24) is 0 Å². The van der Waals surface area contributed by atoms with Crippen molar-refractivity contribution in [3.8, 4) is 0 Å². The molecule has 0 fully saturated rings. The molecular formula is C9H10OS. The number of rotatable bonds is 1. The standard InChI is InChI=1S/C9H10OS/c10-8-9-6-4-2-1-3-5-7-11-9/h1-7,10H,8H2. The number of aliphatic hydroxyl groups is 1. The van der Waals surface area contributed by atoms with Gasteiger partial charge in [-0.25, -0.2) is 0 Å². The van der Waals surface area contributed by atoms with Crippen LogP contribution in [0.5, 0.6) is 0 Å². The molecule has 1 N–H and O–H groups in total. The first-order valence-corrected chi connectivity index (χ1v) is 4.28. The van der Waals surface area contributed by atoms with E-state index in [1.165, 1.54) is 11.3 Å². The third-order valence-electron chi connectivity index (χ3n) is 1.18. The van der Waals surface area contributed by atoms with Crippen molar-refractivity contribution in [2.24, 2.45) is 0 Å². The molecule has 0 atom stereocenters. The molecular weight excluding hydrogens is 156 g/mol. The maximum atomic E-state index is 8.82. The van der Waals surface area contributed by atoms with Gasteiger partial charge in [0.1, 0.15) is 0 Å². The molecule has 1 heterocycles. The predicted molar refractivity (Wildman–Crippen MR) is 47.9 cm³/mol. The third kappa shape index (κ3) is 3.16. The summed E-state index contributed by atoms with van der Waals surface area (Å²) >= 11 is 1.54. The zero-order valence-corrected chi connectivity index (χ0v) is 6.92. The first kappa shape index (κ1) is 8.24. The van der Waals surface area contributed by atoms with Crippen LogP contribution in [0.4, 0.5) is 0 Å². The highest BCUT2D eigenvalue weighted by molar-refractivity contribution is 7.09. The minimum atomic E-state index is 0.110. The summed E-state index contributed by atoms with van der Waals surface area (Å²) in [5.74, 6) is 0. The van der Waals surface area contributed by atoms with Crippen LogP contribution in [0, 0.1) is 0 Å². The summed E-state index contributed by atoms with van der Waals surface area (Å²) in [6.07, 6.45) is 0. The third-order valence-corrected chi connectivity index (χ3v) is 2.04. The minimum Gasteiger partial charge on any atom is -0.391 e. The maximum absolute atomic E-state index is 8.82. The predicted octanol–water partition coefficient (Wildman–Crippen LogP) is 2.36. The van der Waals surface area contributed by atoms with E-state index < -0.39 is 0 Å². The number of hydrogen-bond donors (Lipinski definition) is 1. The highest BCUT2D eigenvalue weighted by Crippen LogP contribution is 2.02. The second kappa shape index (κ2) is 4.88. The van der Waals surface area contributed by atoms with Crippen LogP contribution in [0.1, 0.15) is 4.88 Å². The SMILES string of the molecule is OCc1cccccccs1. The van der Waals surface area contributed by atoms with E-state index in [1.54, 1.807) is 0 Å². The largest absolute Gasteiger partial charge is 0.391 e. The van der Waals surface area contributed by atoms with E-state index >= 15 is 0 Å². The molecule has 0 spiro atoms. The van der Waals surface area contributed by atoms with E-state index in [0.717, 1.165) is 4.88 Å². The van der Waals surface area contributed by atoms with Gasteiger partial charge in [0.25, 0.3) is 0 Å². The van der Waals surface area contributed by atoms with Crippen LogP contribution in [0.2, 0.25) is 0 Å². The Bertz CT molecular complexity index is 229. The summed E-state index contributed by atoms with van der Waals surface area (Å²) in [6, 6.07) is 11.6. The van der Waals surface area contributed by atoms with E-state index in [4.69, 9.17) is 5.11 Å². The van der Waals surface area contributed by atoms with Crippen LogP contribution >= 0.6 is 11.3 Å². The van der Waals surface area contributed by atoms with Crippen LogP contribution in [0.15, 0.2) is 41.8 Å². The van der Waals surface area contributed by atoms with Crippen molar-refractivity contribution >= 4 is 11.3 Å². The molecule has 0 aliphatic carbocycles. The zero-order valence-electron chi connectivity index (χ0n) is 6.10. The quantitative estimate of drug-likeness (QED) is 0.679. The maximum Gasteiger partial charge on any atom is 0.0774 e. The highest BCUT2D eigenvalue weighted by Gasteiger charge is 1.80. The van der Waals surface area contributed by atoms with E-state index in [2.05, 4.69) is 0 Å². The average molecular weight is 166 g/mol. The van der Waals surface area contributed by atoms with Gasteiger partial charge in [0.2, 0.25) is 0 Å². The van der Waals surface area contributed by atoms with Crippen molar-refractivity contribution in [3.05, 3.63) is 46.7 Å². The van der Waals surface area contributed by atoms with E-state index in [0.29, 0.717) is 0 Å². The van der Waals surface area contributed by atoms with Crippen molar-refractivity contribution < 1.29 is 5.11 Å². The van der Waals surface area contributed by atoms with E-state index in [-0.39, 0.29) is 6.61 Å². The molecule has 0 aliphatic heterocycles. The van der Waals surface area contributed by atoms with Gasteiger partial charge in [0.05, 0.1) is 6.61 Å². The molecule has 0 aliphatic rings. The van der Waals surface area contributed by atoms with Crippen LogP contribution < -0.4 is 0 Å². The van der Waals surface area contributed by atoms with Crippen LogP contribution in [0.25, 0.3) is 0 Å². The van der Waals surface area contributed by atoms with E-state index in [1.807, 2.05) is 41.8 Å². The second-order valence-corrected chi connectivity index (χ2v) is 3.04. The molecule has 0 saturated heterocycles. The summed E-state index contributed by atoms with van der Waals surface area (Å²) in [6.45, 7) is 0.110. The summed E-state index contributed by atoms with van der Waals surface area (Å²) in [4.78, 5) is 0.959. The van der Waals surface area contributed by atoms with Crippen LogP contribution in [-0.4, -0.2) is 5.11 Å². The number of aliphatic hydroxyl groups excluding tert-OH is 1. The van der Waals surface area contributed by atoms with Gasteiger partial charge in [0, 0.05) is 4.88 Å². The molecule has 1 aromatic rings. The summed E-state index contributed by atoms with van der Waals surface area (Å²) < 4.78 is 0. The van der Waals surface area contributed by atoms with Crippen molar-refractivity contribution in [3.63, 3.8) is 0 Å². The molecule has 1 rings (SSSR count). The monoisotopic (exact) mass is 166 g/mol. The topological polar surface area (TPSA) is 20.2 Å². The molecule has 2 heteroatoms. The van der Waals surface area contributed by atoms with Gasteiger partial charge in [-0.1, -0.05) is 30.3 Å². The average Bonchev–Trinajstić information content (AvgIpc) is 2.16. The van der Waals surface area contributed by atoms with Gasteiger partial charge in [-0.05, 0) is 11.4 Å². The van der Waals surface area contributed by atoms with Gasteiger partial charge in [-0.15, -0.1) is 11.3 Å². The molecule has 58 valence electrons. The molecule has 1 aromatic heterocycles. The Morgan fingerprint density at radius 2 is 1.82 bits per heavy atom. The highest BCUT2D eigenvalue weighted by atomic mass is 32.1. The molecule has 0 amide bonds. The second-order valence-electron chi connectivity index (χ2n) is 2.01. The minimum absolute atomic E-state index is 0.110. The lowest BCUT2D eigenvalue weighted by molar-refractivity contribution is 0.285. The van der Waals surface area contributed by atoms with Crippen LogP contribution in [0.3, 0.4) is 0 Å². The lowest BCUT2D eigenvalue weighted by atomic mass is 10.4. The van der Waals surface area contributed by atoms with Crippen LogP contribution in [-0.2, 0) is 6.61 Å². The Hall–Kier alpha value is -0.860. The lowest BCUT2D eigenvalue weighted by Gasteiger charge is -1.84. The molecule has 0 aromatic carbocycles. The van der Waals surface area contributed by atoms with Gasteiger partial charge in [-0.3, -0.25) is 0 Å². The smallest absolute Gasteiger partial charge is 0.0774 e. The molecule has 0 unspecified atom stereocenters. The fraction of sp³-hybridized carbons (Fsp3) is 0.111. The number of hydrogen-bond acceptors (Lipinski definition) is 2. The summed E-state index contributed by atoms with van der Waals surface area (Å²) in [5, 5.41) is 10.8. The van der Waals surface area contributed by atoms with Crippen molar-refractivity contribution in [2.45, 2.75) is 6.61 Å². The lowest BCUT2D eigenvalue weighted by Crippen LogP contribution is -1.72. The first-order valence-electron chi connectivity index (χ1n) is 3.40. The first-order chi connectivity index (χ1) is 5.43. The zero-order chi connectivity index (χ0) is 7.94. The summed E-state index contributed by atoms with van der Waals surface area (Å²) in [5.41, 5.74) is 0. The Labute approximate surface area is 70.3 Å². The molecule has 1 nitrogen and oxygen atoms in total. The fourth-order valence-electron chi connectivity index (χ4n) is 0.657. The Morgan fingerprint density at radius 1 is 1.09 bits per heavy atom. The molecule has 11 heavy (non-hydrogen) atoms. The van der Waals surface area contributed by atoms with Gasteiger partial charge in [0.15, 0.2) is 0 Å². The van der Waals surface area contributed by atoms with Gasteiger partial charge < -0.3 is 5.11 Å². The molecule has 0 bridgehead atoms. The van der Waals surface area contributed by atoms with E-state index in [9.17, 15) is 0 Å². The van der Waals surface area contributed by atoms with Crippen molar-refractivity contribution in [1.29, 1.82) is 0 Å². The normalized spacial score (nSPS) is 8.82. The van der Waals surface area contributed by atoms with Gasteiger partial charge in [-0.2, -0.15) is 0 Å². The van der Waals surface area contributed by atoms with Gasteiger partial charge >= 0.3 is 0 Å². The molecule has 0 radical (unpaired) electrons. The van der Waals surface area contributed by atoms with Crippen molar-refractivity contribution in [2.75, 3.05) is 0 Å². The summed E-state index contributed by atoms with van der Waals surface area (Å²) in [7, 11) is 0. The molecule has 0 saturated carbocycles. The fourth-order valence-corrected chi connectivity index (χ4v) is 1.23. The Kier molecular flexibility index (Phi) is 3.65. The Balaban J connectivity index is 3.07.